The molecule has 0 aromatic carbocycles. The Morgan fingerprint density at radius 2 is 2.33 bits per heavy atom. The predicted octanol–water partition coefficient (Wildman–Crippen LogP) is 2.12. The number of hydrogen-bond acceptors (Lipinski definition) is 3. The Bertz CT molecular complexity index is 72.0. The van der Waals surface area contributed by atoms with Crippen LogP contribution in [0.1, 0.15) is 20.3 Å². The third-order valence-electron chi connectivity index (χ3n) is 1.15. The van der Waals surface area contributed by atoms with E-state index in [1.165, 1.54) is 0 Å². The van der Waals surface area contributed by atoms with Gasteiger partial charge in [0.1, 0.15) is 0 Å². The monoisotopic (exact) mass is 214 g/mol. The molecule has 0 spiro atoms. The highest BCUT2D eigenvalue weighted by Crippen LogP contribution is 2.17. The van der Waals surface area contributed by atoms with E-state index in [-0.39, 0.29) is 12.2 Å². The second-order valence-corrected chi connectivity index (χ2v) is 2.95. The standard InChI is InChI=1S/C5H11BrO2S/c1-3-5(7)4(2)8-9-6/h4-5,7H,3H2,1-2H3/t4-,5+/m1/s1. The van der Waals surface area contributed by atoms with E-state index in [9.17, 15) is 0 Å². The minimum atomic E-state index is -0.352. The van der Waals surface area contributed by atoms with E-state index in [0.29, 0.717) is 0 Å². The van der Waals surface area contributed by atoms with E-state index < -0.39 is 0 Å². The first-order valence-corrected chi connectivity index (χ1v) is 5.43. The quantitative estimate of drug-likeness (QED) is 0.728. The minimum absolute atomic E-state index is 0.0978. The van der Waals surface area contributed by atoms with Crippen LogP contribution in [0.4, 0.5) is 0 Å². The molecule has 0 rings (SSSR count). The summed E-state index contributed by atoms with van der Waals surface area (Å²) in [5, 5.41) is 9.10. The van der Waals surface area contributed by atoms with Crippen molar-refractivity contribution in [1.82, 2.24) is 0 Å². The first-order chi connectivity index (χ1) is 4.22. The van der Waals surface area contributed by atoms with Gasteiger partial charge in [0.2, 0.25) is 0 Å². The van der Waals surface area contributed by atoms with Crippen LogP contribution in [-0.4, -0.2) is 17.3 Å². The van der Waals surface area contributed by atoms with Gasteiger partial charge in [0.25, 0.3) is 0 Å². The van der Waals surface area contributed by atoms with E-state index in [0.717, 1.165) is 16.9 Å². The summed E-state index contributed by atoms with van der Waals surface area (Å²) in [5.41, 5.74) is 0. The molecule has 0 radical (unpaired) electrons. The average molecular weight is 215 g/mol. The van der Waals surface area contributed by atoms with Gasteiger partial charge in [-0.05, 0) is 13.3 Å². The molecule has 0 aliphatic heterocycles. The number of halogens is 1. The first kappa shape index (κ1) is 9.75. The topological polar surface area (TPSA) is 29.5 Å². The maximum atomic E-state index is 9.10. The summed E-state index contributed by atoms with van der Waals surface area (Å²) in [5.74, 6) is 0. The molecular weight excluding hydrogens is 204 g/mol. The summed E-state index contributed by atoms with van der Waals surface area (Å²) in [6.07, 6.45) is 0.281. The second kappa shape index (κ2) is 5.53. The van der Waals surface area contributed by atoms with Gasteiger partial charge in [0.15, 0.2) is 0 Å². The van der Waals surface area contributed by atoms with Gasteiger partial charge in [-0.25, -0.2) is 0 Å². The van der Waals surface area contributed by atoms with Gasteiger partial charge in [0, 0.05) is 14.8 Å². The molecule has 9 heavy (non-hydrogen) atoms. The Kier molecular flexibility index (Phi) is 5.99. The molecule has 2 nitrogen and oxygen atoms in total. The highest BCUT2D eigenvalue weighted by Gasteiger charge is 2.11. The maximum absolute atomic E-state index is 9.10. The van der Waals surface area contributed by atoms with Crippen LogP contribution in [0.2, 0.25) is 0 Å². The van der Waals surface area contributed by atoms with Crippen LogP contribution in [0.3, 0.4) is 0 Å². The minimum Gasteiger partial charge on any atom is -0.390 e. The van der Waals surface area contributed by atoms with Crippen molar-refractivity contribution >= 4 is 25.3 Å². The van der Waals surface area contributed by atoms with E-state index in [1.807, 2.05) is 13.8 Å². The molecule has 56 valence electrons. The fourth-order valence-electron chi connectivity index (χ4n) is 0.453. The molecular formula is C5H11BrO2S. The van der Waals surface area contributed by atoms with Crippen molar-refractivity contribution in [2.75, 3.05) is 0 Å². The molecule has 0 aromatic rings. The molecule has 0 heterocycles. The Hall–Kier alpha value is 0.750. The Balaban J connectivity index is 3.32. The van der Waals surface area contributed by atoms with Gasteiger partial charge < -0.3 is 5.11 Å². The van der Waals surface area contributed by atoms with Crippen molar-refractivity contribution in [2.45, 2.75) is 32.5 Å². The predicted molar refractivity (Wildman–Crippen MR) is 43.4 cm³/mol. The normalized spacial score (nSPS) is 17.3. The van der Waals surface area contributed by atoms with Crippen molar-refractivity contribution in [3.8, 4) is 0 Å². The first-order valence-electron chi connectivity index (χ1n) is 2.84. The average Bonchev–Trinajstić information content (AvgIpc) is 1.87. The number of aliphatic hydroxyl groups is 1. The summed E-state index contributed by atoms with van der Waals surface area (Å²) in [6, 6.07) is 0. The van der Waals surface area contributed by atoms with Gasteiger partial charge in [0.05, 0.1) is 22.7 Å². The lowest BCUT2D eigenvalue weighted by Crippen LogP contribution is -2.22. The zero-order valence-corrected chi connectivity index (χ0v) is 7.91. The van der Waals surface area contributed by atoms with Crippen molar-refractivity contribution in [3.05, 3.63) is 0 Å². The number of hydrogen-bond donors (Lipinski definition) is 1. The molecule has 0 unspecified atom stereocenters. The number of aliphatic hydroxyl groups excluding tert-OH is 1. The summed E-state index contributed by atoms with van der Waals surface area (Å²) in [7, 11) is 1.11. The van der Waals surface area contributed by atoms with E-state index in [2.05, 4.69) is 14.8 Å². The third-order valence-corrected chi connectivity index (χ3v) is 1.98. The molecule has 0 fully saturated rings. The van der Waals surface area contributed by atoms with Crippen LogP contribution >= 0.6 is 25.3 Å². The van der Waals surface area contributed by atoms with Gasteiger partial charge >= 0.3 is 0 Å². The van der Waals surface area contributed by atoms with Crippen molar-refractivity contribution in [1.29, 1.82) is 0 Å². The van der Waals surface area contributed by atoms with Gasteiger partial charge in [-0.15, -0.1) is 0 Å². The molecule has 0 aromatic heterocycles. The van der Waals surface area contributed by atoms with Crippen LogP contribution in [0, 0.1) is 0 Å². The maximum Gasteiger partial charge on any atom is 0.0962 e. The molecule has 0 saturated heterocycles. The molecule has 0 amide bonds. The zero-order valence-electron chi connectivity index (χ0n) is 5.50. The van der Waals surface area contributed by atoms with E-state index in [4.69, 9.17) is 9.29 Å². The second-order valence-electron chi connectivity index (χ2n) is 1.84. The largest absolute Gasteiger partial charge is 0.390 e. The summed E-state index contributed by atoms with van der Waals surface area (Å²) in [6.45, 7) is 3.76. The Labute approximate surface area is 67.4 Å². The molecule has 2 atom stereocenters. The summed E-state index contributed by atoms with van der Waals surface area (Å²) < 4.78 is 4.98. The van der Waals surface area contributed by atoms with Gasteiger partial charge in [-0.1, -0.05) is 6.92 Å². The zero-order chi connectivity index (χ0) is 7.28. The molecule has 1 N–H and O–H groups in total. The SMILES string of the molecule is CC[C@H](O)[C@@H](C)OSBr. The fraction of sp³-hybridized carbons (Fsp3) is 1.00. The summed E-state index contributed by atoms with van der Waals surface area (Å²) in [4.78, 5) is 0. The molecule has 0 bridgehead atoms. The van der Waals surface area contributed by atoms with Crippen LogP contribution in [-0.2, 0) is 4.18 Å². The van der Waals surface area contributed by atoms with Gasteiger partial charge in [-0.3, -0.25) is 4.18 Å². The van der Waals surface area contributed by atoms with Gasteiger partial charge in [-0.2, -0.15) is 0 Å². The highest BCUT2D eigenvalue weighted by molar-refractivity contribution is 9.49. The Morgan fingerprint density at radius 3 is 2.67 bits per heavy atom. The smallest absolute Gasteiger partial charge is 0.0962 e. The van der Waals surface area contributed by atoms with E-state index >= 15 is 0 Å². The molecule has 0 aliphatic carbocycles. The molecule has 0 aliphatic rings. The van der Waals surface area contributed by atoms with Crippen molar-refractivity contribution in [3.63, 3.8) is 0 Å². The molecule has 4 heteroatoms. The van der Waals surface area contributed by atoms with Crippen LogP contribution < -0.4 is 0 Å². The number of rotatable bonds is 4. The lowest BCUT2D eigenvalue weighted by atomic mass is 10.2. The van der Waals surface area contributed by atoms with Crippen LogP contribution in [0.15, 0.2) is 0 Å². The van der Waals surface area contributed by atoms with Crippen LogP contribution in [0.25, 0.3) is 0 Å². The fourth-order valence-corrected chi connectivity index (χ4v) is 1.42. The highest BCUT2D eigenvalue weighted by atomic mass is 79.9. The van der Waals surface area contributed by atoms with Crippen LogP contribution in [0.5, 0.6) is 0 Å². The van der Waals surface area contributed by atoms with Crippen molar-refractivity contribution < 1.29 is 9.29 Å². The van der Waals surface area contributed by atoms with Crippen molar-refractivity contribution in [2.24, 2.45) is 0 Å². The lowest BCUT2D eigenvalue weighted by Gasteiger charge is -2.14. The van der Waals surface area contributed by atoms with E-state index in [1.54, 1.807) is 0 Å². The molecule has 0 saturated carbocycles. The lowest BCUT2D eigenvalue weighted by molar-refractivity contribution is 0.0590. The Morgan fingerprint density at radius 1 is 1.78 bits per heavy atom. The summed E-state index contributed by atoms with van der Waals surface area (Å²) >= 11 is 3.03. The third kappa shape index (κ3) is 4.19.